The topological polar surface area (TPSA) is 26.3 Å². The highest BCUT2D eigenvalue weighted by atomic mass is 79.9. The Kier molecular flexibility index (Phi) is 4.06. The monoisotopic (exact) mass is 316 g/mol. The van der Waals surface area contributed by atoms with Crippen molar-refractivity contribution in [3.8, 4) is 0 Å². The maximum Gasteiger partial charge on any atom is 0.144 e. The minimum absolute atomic E-state index is 0.0471. The molecule has 1 saturated heterocycles. The quantitative estimate of drug-likeness (QED) is 0.850. The molecule has 0 saturated carbocycles. The third-order valence-electron chi connectivity index (χ3n) is 3.58. The van der Waals surface area contributed by atoms with Crippen molar-refractivity contribution in [1.82, 2.24) is 0 Å². The first-order valence-electron chi connectivity index (χ1n) is 5.90. The Labute approximate surface area is 114 Å². The number of ketones is 1. The average molecular weight is 317 g/mol. The minimum atomic E-state index is 0.0471. The minimum Gasteiger partial charge on any atom is -0.375 e. The molecule has 1 aromatic heterocycles. The van der Waals surface area contributed by atoms with E-state index in [4.69, 9.17) is 4.74 Å². The number of hydrogen-bond donors (Lipinski definition) is 0. The summed E-state index contributed by atoms with van der Waals surface area (Å²) in [7, 11) is 0. The van der Waals surface area contributed by atoms with E-state index in [9.17, 15) is 4.79 Å². The van der Waals surface area contributed by atoms with Crippen LogP contribution >= 0.6 is 27.3 Å². The van der Waals surface area contributed by atoms with E-state index in [-0.39, 0.29) is 18.1 Å². The van der Waals surface area contributed by atoms with Gasteiger partial charge in [0.2, 0.25) is 0 Å². The van der Waals surface area contributed by atoms with Gasteiger partial charge < -0.3 is 4.74 Å². The van der Waals surface area contributed by atoms with Crippen LogP contribution in [0, 0.1) is 11.8 Å². The Bertz CT molecular complexity index is 415. The molecule has 2 nitrogen and oxygen atoms in total. The SMILES string of the molecule is CC1OC(C)C(C(=O)Cc2cc(Br)cs2)C1C. The fourth-order valence-corrected chi connectivity index (χ4v) is 4.02. The third-order valence-corrected chi connectivity index (χ3v) is 5.28. The van der Waals surface area contributed by atoms with E-state index in [2.05, 4.69) is 29.8 Å². The number of ether oxygens (including phenoxy) is 1. The fraction of sp³-hybridized carbons (Fsp3) is 0.615. The van der Waals surface area contributed by atoms with E-state index >= 15 is 0 Å². The molecule has 0 aliphatic carbocycles. The van der Waals surface area contributed by atoms with Gasteiger partial charge in [0.25, 0.3) is 0 Å². The second-order valence-corrected chi connectivity index (χ2v) is 6.72. The van der Waals surface area contributed by atoms with Gasteiger partial charge in [0, 0.05) is 27.1 Å². The van der Waals surface area contributed by atoms with Crippen LogP contribution in [0.4, 0.5) is 0 Å². The molecule has 2 rings (SSSR count). The first-order valence-corrected chi connectivity index (χ1v) is 7.57. The van der Waals surface area contributed by atoms with Crippen molar-refractivity contribution in [2.75, 3.05) is 0 Å². The van der Waals surface area contributed by atoms with Crippen LogP contribution in [0.1, 0.15) is 25.6 Å². The molecule has 17 heavy (non-hydrogen) atoms. The number of carbonyl (C=O) groups is 1. The Hall–Kier alpha value is -0.190. The molecule has 2 heterocycles. The van der Waals surface area contributed by atoms with Crippen LogP contribution in [0.2, 0.25) is 0 Å². The molecular formula is C13H17BrO2S. The van der Waals surface area contributed by atoms with Gasteiger partial charge in [0.05, 0.1) is 12.2 Å². The number of halogens is 1. The first-order chi connectivity index (χ1) is 7.99. The molecular weight excluding hydrogens is 300 g/mol. The lowest BCUT2D eigenvalue weighted by molar-refractivity contribution is -0.124. The van der Waals surface area contributed by atoms with Gasteiger partial charge in [-0.2, -0.15) is 0 Å². The summed E-state index contributed by atoms with van der Waals surface area (Å²) >= 11 is 5.04. The van der Waals surface area contributed by atoms with E-state index in [1.54, 1.807) is 11.3 Å². The zero-order valence-electron chi connectivity index (χ0n) is 10.3. The average Bonchev–Trinajstić information content (AvgIpc) is 2.73. The van der Waals surface area contributed by atoms with Gasteiger partial charge in [-0.25, -0.2) is 0 Å². The molecule has 0 N–H and O–H groups in total. The molecule has 4 heteroatoms. The molecule has 1 aliphatic heterocycles. The molecule has 0 aromatic carbocycles. The summed E-state index contributed by atoms with van der Waals surface area (Å²) in [6, 6.07) is 2.02. The van der Waals surface area contributed by atoms with Gasteiger partial charge in [0.15, 0.2) is 0 Å². The molecule has 0 radical (unpaired) electrons. The normalized spacial score (nSPS) is 32.9. The second kappa shape index (κ2) is 5.21. The van der Waals surface area contributed by atoms with Gasteiger partial charge >= 0.3 is 0 Å². The fourth-order valence-electron chi connectivity index (χ4n) is 2.56. The van der Waals surface area contributed by atoms with Crippen molar-refractivity contribution in [1.29, 1.82) is 0 Å². The van der Waals surface area contributed by atoms with E-state index < -0.39 is 0 Å². The molecule has 1 fully saturated rings. The standard InChI is InChI=1S/C13H17BrO2S/c1-7-8(2)16-9(3)13(7)12(15)5-11-4-10(14)6-17-11/h4,6-9,13H,5H2,1-3H3. The van der Waals surface area contributed by atoms with Crippen molar-refractivity contribution in [2.24, 2.45) is 11.8 Å². The highest BCUT2D eigenvalue weighted by Gasteiger charge is 2.41. The zero-order valence-corrected chi connectivity index (χ0v) is 12.7. The Morgan fingerprint density at radius 1 is 1.41 bits per heavy atom. The van der Waals surface area contributed by atoms with Crippen LogP contribution < -0.4 is 0 Å². The Balaban J connectivity index is 2.05. The number of Topliss-reactive ketones (excluding diaryl/α,β-unsaturated/α-hetero) is 1. The van der Waals surface area contributed by atoms with E-state index in [0.717, 1.165) is 9.35 Å². The van der Waals surface area contributed by atoms with Crippen LogP contribution in [-0.4, -0.2) is 18.0 Å². The molecule has 0 spiro atoms. The van der Waals surface area contributed by atoms with Crippen molar-refractivity contribution < 1.29 is 9.53 Å². The molecule has 0 amide bonds. The molecule has 0 bridgehead atoms. The largest absolute Gasteiger partial charge is 0.375 e. The molecule has 4 atom stereocenters. The summed E-state index contributed by atoms with van der Waals surface area (Å²) in [5.41, 5.74) is 0. The van der Waals surface area contributed by atoms with Gasteiger partial charge in [0.1, 0.15) is 5.78 Å². The van der Waals surface area contributed by atoms with Gasteiger partial charge in [-0.1, -0.05) is 6.92 Å². The summed E-state index contributed by atoms with van der Waals surface area (Å²) < 4.78 is 6.78. The van der Waals surface area contributed by atoms with Crippen molar-refractivity contribution in [3.05, 3.63) is 20.8 Å². The summed E-state index contributed by atoms with van der Waals surface area (Å²) in [6.07, 6.45) is 0.774. The first kappa shape index (κ1) is 13.2. The summed E-state index contributed by atoms with van der Waals surface area (Å²) in [6.45, 7) is 6.17. The van der Waals surface area contributed by atoms with Crippen LogP contribution in [0.3, 0.4) is 0 Å². The molecule has 1 aliphatic rings. The summed E-state index contributed by atoms with van der Waals surface area (Å²) in [5, 5.41) is 2.02. The number of thiophene rings is 1. The lowest BCUT2D eigenvalue weighted by atomic mass is 9.85. The second-order valence-electron chi connectivity index (χ2n) is 4.81. The van der Waals surface area contributed by atoms with Crippen molar-refractivity contribution >= 4 is 33.0 Å². The van der Waals surface area contributed by atoms with Crippen LogP contribution in [0.15, 0.2) is 15.9 Å². The summed E-state index contributed by atoms with van der Waals surface area (Å²) in [4.78, 5) is 13.4. The maximum atomic E-state index is 12.3. The van der Waals surface area contributed by atoms with E-state index in [1.165, 1.54) is 0 Å². The summed E-state index contributed by atoms with van der Waals surface area (Å²) in [5.74, 6) is 0.676. The smallest absolute Gasteiger partial charge is 0.144 e. The van der Waals surface area contributed by atoms with E-state index in [0.29, 0.717) is 18.1 Å². The van der Waals surface area contributed by atoms with Crippen LogP contribution in [0.25, 0.3) is 0 Å². The molecule has 1 aromatic rings. The van der Waals surface area contributed by atoms with Gasteiger partial charge in [-0.3, -0.25) is 4.79 Å². The Morgan fingerprint density at radius 2 is 2.12 bits per heavy atom. The highest BCUT2D eigenvalue weighted by Crippen LogP contribution is 2.34. The predicted molar refractivity (Wildman–Crippen MR) is 73.4 cm³/mol. The predicted octanol–water partition coefficient (Wildman–Crippen LogP) is 3.68. The van der Waals surface area contributed by atoms with Crippen LogP contribution in [0.5, 0.6) is 0 Å². The van der Waals surface area contributed by atoms with Crippen molar-refractivity contribution in [3.63, 3.8) is 0 Å². The lowest BCUT2D eigenvalue weighted by Gasteiger charge is -2.16. The number of carbonyl (C=O) groups excluding carboxylic acids is 1. The lowest BCUT2D eigenvalue weighted by Crippen LogP contribution is -2.27. The molecule has 94 valence electrons. The number of hydrogen-bond acceptors (Lipinski definition) is 3. The van der Waals surface area contributed by atoms with E-state index in [1.807, 2.05) is 18.4 Å². The van der Waals surface area contributed by atoms with Crippen LogP contribution in [-0.2, 0) is 16.0 Å². The Morgan fingerprint density at radius 3 is 2.59 bits per heavy atom. The highest BCUT2D eigenvalue weighted by molar-refractivity contribution is 9.10. The van der Waals surface area contributed by atoms with Crippen molar-refractivity contribution in [2.45, 2.75) is 39.4 Å². The van der Waals surface area contributed by atoms with Gasteiger partial charge in [-0.05, 0) is 41.8 Å². The zero-order chi connectivity index (χ0) is 12.6. The number of rotatable bonds is 3. The third kappa shape index (κ3) is 2.80. The van der Waals surface area contributed by atoms with Gasteiger partial charge in [-0.15, -0.1) is 11.3 Å². The molecule has 4 unspecified atom stereocenters. The maximum absolute atomic E-state index is 12.3.